The fourth-order valence-corrected chi connectivity index (χ4v) is 4.40. The van der Waals surface area contributed by atoms with Crippen LogP contribution >= 0.6 is 22.6 Å². The highest BCUT2D eigenvalue weighted by Crippen LogP contribution is 2.23. The van der Waals surface area contributed by atoms with Crippen LogP contribution in [0.5, 0.6) is 0 Å². The number of hydrazone groups is 1. The van der Waals surface area contributed by atoms with Gasteiger partial charge >= 0.3 is 0 Å². The molecule has 3 aromatic rings. The normalized spacial score (nSPS) is 11.8. The zero-order chi connectivity index (χ0) is 24.2. The lowest BCUT2D eigenvalue weighted by molar-refractivity contribution is 0.0955. The molecule has 0 fully saturated rings. The molecule has 0 atom stereocenters. The Morgan fingerprint density at radius 3 is 2.12 bits per heavy atom. The summed E-state index contributed by atoms with van der Waals surface area (Å²) in [5.74, 6) is -0.333. The lowest BCUT2D eigenvalue weighted by Gasteiger charge is -2.23. The maximum absolute atomic E-state index is 12.5. The van der Waals surface area contributed by atoms with Crippen molar-refractivity contribution in [2.45, 2.75) is 27.3 Å². The monoisotopic (exact) mass is 575 g/mol. The van der Waals surface area contributed by atoms with E-state index in [1.165, 1.54) is 10.6 Å². The van der Waals surface area contributed by atoms with Gasteiger partial charge in [-0.3, -0.25) is 9.10 Å². The summed E-state index contributed by atoms with van der Waals surface area (Å²) in [6.07, 6.45) is 1.19. The second kappa shape index (κ2) is 10.5. The zero-order valence-corrected chi connectivity index (χ0v) is 21.9. The van der Waals surface area contributed by atoms with Crippen molar-refractivity contribution in [1.29, 1.82) is 0 Å². The van der Waals surface area contributed by atoms with Gasteiger partial charge in [-0.15, -0.1) is 0 Å². The quantitative estimate of drug-likeness (QED) is 0.244. The molecule has 3 aromatic carbocycles. The molecule has 0 aromatic heterocycles. The molecule has 0 saturated heterocycles. The van der Waals surface area contributed by atoms with Crippen molar-refractivity contribution in [3.05, 3.63) is 98.1 Å². The van der Waals surface area contributed by atoms with Gasteiger partial charge in [0.15, 0.2) is 0 Å². The second-order valence-electron chi connectivity index (χ2n) is 7.88. The van der Waals surface area contributed by atoms with Crippen molar-refractivity contribution in [2.75, 3.05) is 10.6 Å². The molecular weight excluding hydrogens is 549 g/mol. The Balaban J connectivity index is 1.72. The van der Waals surface area contributed by atoms with Crippen LogP contribution in [0.3, 0.4) is 0 Å². The molecule has 0 aliphatic heterocycles. The number of nitrogens with zero attached hydrogens (tertiary/aromatic N) is 2. The van der Waals surface area contributed by atoms with Gasteiger partial charge in [0.1, 0.15) is 0 Å². The summed E-state index contributed by atoms with van der Waals surface area (Å²) in [6.45, 7) is 5.94. The molecule has 0 saturated carbocycles. The minimum Gasteiger partial charge on any atom is -0.267 e. The van der Waals surface area contributed by atoms with Gasteiger partial charge in [0.05, 0.1) is 24.2 Å². The first kappa shape index (κ1) is 24.9. The molecule has 0 unspecified atom stereocenters. The van der Waals surface area contributed by atoms with E-state index in [4.69, 9.17) is 0 Å². The second-order valence-corrected chi connectivity index (χ2v) is 11.0. The number of halogens is 1. The highest BCUT2D eigenvalue weighted by molar-refractivity contribution is 14.1. The molecule has 0 bridgehead atoms. The summed E-state index contributed by atoms with van der Waals surface area (Å²) < 4.78 is 27.4. The van der Waals surface area contributed by atoms with Crippen LogP contribution in [-0.2, 0) is 16.6 Å². The largest absolute Gasteiger partial charge is 0.271 e. The Hall–Kier alpha value is -2.72. The number of hydrogen-bond donors (Lipinski definition) is 1. The molecule has 6 nitrogen and oxygen atoms in total. The Labute approximate surface area is 208 Å². The van der Waals surface area contributed by atoms with Gasteiger partial charge in [-0.05, 0) is 102 Å². The minimum absolute atomic E-state index is 0.174. The van der Waals surface area contributed by atoms with E-state index in [-0.39, 0.29) is 12.5 Å². The van der Waals surface area contributed by atoms with Crippen LogP contribution in [0, 0.1) is 17.4 Å². The fourth-order valence-electron chi connectivity index (χ4n) is 3.16. The van der Waals surface area contributed by atoms with E-state index in [0.29, 0.717) is 17.0 Å². The summed E-state index contributed by atoms with van der Waals surface area (Å²) in [7, 11) is -3.48. The van der Waals surface area contributed by atoms with Crippen LogP contribution in [-0.4, -0.2) is 26.3 Å². The minimum atomic E-state index is -3.48. The Kier molecular flexibility index (Phi) is 7.91. The number of rotatable bonds is 7. The van der Waals surface area contributed by atoms with E-state index in [2.05, 4.69) is 33.1 Å². The molecule has 0 aliphatic carbocycles. The highest BCUT2D eigenvalue weighted by atomic mass is 127. The van der Waals surface area contributed by atoms with Crippen molar-refractivity contribution >= 4 is 49.9 Å². The lowest BCUT2D eigenvalue weighted by Crippen LogP contribution is -2.29. The summed E-state index contributed by atoms with van der Waals surface area (Å²) in [4.78, 5) is 12.5. The maximum Gasteiger partial charge on any atom is 0.271 e. The molecule has 0 aliphatic rings. The van der Waals surface area contributed by atoms with Crippen LogP contribution in [0.25, 0.3) is 0 Å². The first-order chi connectivity index (χ1) is 15.5. The summed E-state index contributed by atoms with van der Waals surface area (Å²) >= 11 is 2.23. The van der Waals surface area contributed by atoms with Crippen molar-refractivity contribution in [2.24, 2.45) is 5.10 Å². The summed E-state index contributed by atoms with van der Waals surface area (Å²) in [6, 6.07) is 20.3. The number of amides is 1. The third-order valence-corrected chi connectivity index (χ3v) is 7.17. The van der Waals surface area contributed by atoms with Crippen molar-refractivity contribution < 1.29 is 13.2 Å². The molecule has 8 heteroatoms. The smallest absolute Gasteiger partial charge is 0.267 e. The zero-order valence-electron chi connectivity index (χ0n) is 19.0. The van der Waals surface area contributed by atoms with Gasteiger partial charge in [-0.2, -0.15) is 5.10 Å². The van der Waals surface area contributed by atoms with Gasteiger partial charge in [0.2, 0.25) is 10.0 Å². The number of anilines is 1. The van der Waals surface area contributed by atoms with Gasteiger partial charge < -0.3 is 0 Å². The highest BCUT2D eigenvalue weighted by Gasteiger charge is 2.18. The van der Waals surface area contributed by atoms with E-state index >= 15 is 0 Å². The summed E-state index contributed by atoms with van der Waals surface area (Å²) in [5, 5.41) is 4.19. The standard InChI is InChI=1S/C25H26IN3O3S/c1-17-5-14-24(15-18(17)2)29(33(4,31)32)16-20-6-8-22(9-7-20)25(30)28-27-19(3)21-10-12-23(26)13-11-21/h5-15H,16H2,1-4H3,(H,28,30)/b27-19+. The van der Waals surface area contributed by atoms with E-state index < -0.39 is 10.0 Å². The van der Waals surface area contributed by atoms with Crippen molar-refractivity contribution in [3.63, 3.8) is 0 Å². The maximum atomic E-state index is 12.5. The summed E-state index contributed by atoms with van der Waals surface area (Å²) in [5.41, 5.74) is 8.15. The molecule has 0 radical (unpaired) electrons. The van der Waals surface area contributed by atoms with Crippen LogP contribution in [0.15, 0.2) is 71.8 Å². The van der Waals surface area contributed by atoms with Crippen LogP contribution < -0.4 is 9.73 Å². The van der Waals surface area contributed by atoms with Crippen LogP contribution in [0.2, 0.25) is 0 Å². The fraction of sp³-hybridized carbons (Fsp3) is 0.200. The lowest BCUT2D eigenvalue weighted by atomic mass is 10.1. The van der Waals surface area contributed by atoms with E-state index in [9.17, 15) is 13.2 Å². The van der Waals surface area contributed by atoms with Crippen LogP contribution in [0.4, 0.5) is 5.69 Å². The van der Waals surface area contributed by atoms with E-state index in [0.717, 1.165) is 25.8 Å². The first-order valence-electron chi connectivity index (χ1n) is 10.3. The average Bonchev–Trinajstić information content (AvgIpc) is 2.77. The SMILES string of the molecule is C/C(=N\NC(=O)c1ccc(CN(c2ccc(C)c(C)c2)S(C)(=O)=O)cc1)c1ccc(I)cc1. The first-order valence-corrected chi connectivity index (χ1v) is 13.2. The number of aryl methyl sites for hydroxylation is 2. The number of carbonyl (C=O) groups excluding carboxylic acids is 1. The third-order valence-electron chi connectivity index (χ3n) is 5.31. The van der Waals surface area contributed by atoms with Crippen molar-refractivity contribution in [1.82, 2.24) is 5.43 Å². The molecular formula is C25H26IN3O3S. The Morgan fingerprint density at radius 2 is 1.55 bits per heavy atom. The predicted molar refractivity (Wildman–Crippen MR) is 142 cm³/mol. The molecule has 172 valence electrons. The molecule has 0 heterocycles. The van der Waals surface area contributed by atoms with Crippen molar-refractivity contribution in [3.8, 4) is 0 Å². The number of nitrogens with one attached hydrogen (secondary N) is 1. The molecule has 1 N–H and O–H groups in total. The van der Waals surface area contributed by atoms with Gasteiger partial charge in [0, 0.05) is 9.13 Å². The molecule has 33 heavy (non-hydrogen) atoms. The molecule has 0 spiro atoms. The van der Waals surface area contributed by atoms with E-state index in [1.54, 1.807) is 30.3 Å². The number of hydrogen-bond acceptors (Lipinski definition) is 4. The number of benzene rings is 3. The topological polar surface area (TPSA) is 78.8 Å². The number of sulfonamides is 1. The number of carbonyl (C=O) groups is 1. The molecule has 3 rings (SSSR count). The third kappa shape index (κ3) is 6.64. The van der Waals surface area contributed by atoms with Gasteiger partial charge in [0.25, 0.3) is 5.91 Å². The van der Waals surface area contributed by atoms with Gasteiger partial charge in [-0.25, -0.2) is 13.8 Å². The Morgan fingerprint density at radius 1 is 0.939 bits per heavy atom. The van der Waals surface area contributed by atoms with Crippen LogP contribution in [0.1, 0.15) is 39.5 Å². The van der Waals surface area contributed by atoms with Gasteiger partial charge in [-0.1, -0.05) is 30.3 Å². The predicted octanol–water partition coefficient (Wildman–Crippen LogP) is 5.03. The van der Waals surface area contributed by atoms with E-state index in [1.807, 2.05) is 57.2 Å². The Bertz CT molecular complexity index is 1290. The molecule has 1 amide bonds. The average molecular weight is 575 g/mol.